The van der Waals surface area contributed by atoms with Gasteiger partial charge in [-0.2, -0.15) is 0 Å². The van der Waals surface area contributed by atoms with Crippen molar-refractivity contribution < 1.29 is 13.2 Å². The normalized spacial score (nSPS) is 12.9. The fourth-order valence-electron chi connectivity index (χ4n) is 1.87. The van der Waals surface area contributed by atoms with Crippen LogP contribution >= 0.6 is 0 Å². The molecule has 21 heavy (non-hydrogen) atoms. The van der Waals surface area contributed by atoms with Gasteiger partial charge in [0.15, 0.2) is 0 Å². The van der Waals surface area contributed by atoms with E-state index in [9.17, 15) is 13.2 Å². The number of nitrogens with one attached hydrogen (secondary N) is 2. The Morgan fingerprint density at radius 3 is 2.38 bits per heavy atom. The minimum absolute atomic E-state index is 0.0573. The molecule has 0 saturated heterocycles. The number of carbonyl (C=O) groups excluding carboxylic acids is 1. The summed E-state index contributed by atoms with van der Waals surface area (Å²) < 4.78 is 25.4. The van der Waals surface area contributed by atoms with Crippen LogP contribution in [0.4, 0.5) is 0 Å². The summed E-state index contributed by atoms with van der Waals surface area (Å²) >= 11 is 0. The van der Waals surface area contributed by atoms with Crippen LogP contribution in [0.3, 0.4) is 0 Å². The van der Waals surface area contributed by atoms with Gasteiger partial charge in [-0.05, 0) is 37.7 Å². The number of hydrogen-bond donors (Lipinski definition) is 3. The molecule has 0 radical (unpaired) electrons. The summed E-state index contributed by atoms with van der Waals surface area (Å²) in [6.07, 6.45) is 2.88. The van der Waals surface area contributed by atoms with Crippen LogP contribution < -0.4 is 15.8 Å². The molecule has 0 heterocycles. The maximum atomic E-state index is 12.1. The van der Waals surface area contributed by atoms with Crippen LogP contribution in [-0.4, -0.2) is 34.0 Å². The van der Waals surface area contributed by atoms with Gasteiger partial charge < -0.3 is 11.1 Å². The highest BCUT2D eigenvalue weighted by atomic mass is 32.2. The molecule has 7 heteroatoms. The van der Waals surface area contributed by atoms with E-state index in [-0.39, 0.29) is 16.8 Å². The molecule has 0 aliphatic heterocycles. The van der Waals surface area contributed by atoms with Gasteiger partial charge in [0.2, 0.25) is 10.0 Å². The largest absolute Gasteiger partial charge is 0.348 e. The maximum absolute atomic E-state index is 12.1. The van der Waals surface area contributed by atoms with Gasteiger partial charge in [-0.15, -0.1) is 0 Å². The highest BCUT2D eigenvalue weighted by molar-refractivity contribution is 7.89. The molecule has 1 amide bonds. The van der Waals surface area contributed by atoms with Crippen molar-refractivity contribution in [2.75, 3.05) is 13.6 Å². The monoisotopic (exact) mass is 313 g/mol. The molecule has 1 atom stereocenters. The number of sulfonamides is 1. The van der Waals surface area contributed by atoms with E-state index < -0.39 is 10.0 Å². The summed E-state index contributed by atoms with van der Waals surface area (Å²) in [4.78, 5) is 12.2. The van der Waals surface area contributed by atoms with Crippen molar-refractivity contribution in [2.24, 2.45) is 5.73 Å². The molecule has 1 aromatic rings. The standard InChI is InChI=1S/C14H23N3O3S/c1-3-4-5-12(10-15)17-14(18)11-6-8-13(9-7-11)21(19,20)16-2/h6-9,12,16H,3-5,10,15H2,1-2H3,(H,17,18). The first-order valence-corrected chi connectivity index (χ1v) is 8.47. The van der Waals surface area contributed by atoms with Gasteiger partial charge in [0.1, 0.15) is 0 Å². The van der Waals surface area contributed by atoms with Crippen LogP contribution in [0.1, 0.15) is 36.5 Å². The molecule has 1 aromatic carbocycles. The number of hydrogen-bond acceptors (Lipinski definition) is 4. The molecule has 0 saturated carbocycles. The average Bonchev–Trinajstić information content (AvgIpc) is 2.51. The zero-order valence-electron chi connectivity index (χ0n) is 12.4. The summed E-state index contributed by atoms with van der Waals surface area (Å²) in [5.41, 5.74) is 6.05. The molecule has 118 valence electrons. The molecule has 6 nitrogen and oxygen atoms in total. The summed E-state index contributed by atoms with van der Waals surface area (Å²) in [7, 11) is -2.14. The Morgan fingerprint density at radius 2 is 1.90 bits per heavy atom. The third-order valence-corrected chi connectivity index (χ3v) is 4.65. The van der Waals surface area contributed by atoms with Crippen molar-refractivity contribution in [1.29, 1.82) is 0 Å². The Bertz CT molecular complexity index is 555. The molecule has 0 fully saturated rings. The van der Waals surface area contributed by atoms with E-state index in [1.807, 2.05) is 0 Å². The fourth-order valence-corrected chi connectivity index (χ4v) is 2.60. The zero-order valence-corrected chi connectivity index (χ0v) is 13.2. The van der Waals surface area contributed by atoms with E-state index in [1.165, 1.54) is 31.3 Å². The Hall–Kier alpha value is -1.44. The SMILES string of the molecule is CCCCC(CN)NC(=O)c1ccc(S(=O)(=O)NC)cc1. The van der Waals surface area contributed by atoms with Crippen molar-refractivity contribution in [1.82, 2.24) is 10.0 Å². The number of unbranched alkanes of at least 4 members (excludes halogenated alkanes) is 1. The maximum Gasteiger partial charge on any atom is 0.251 e. The minimum atomic E-state index is -3.48. The van der Waals surface area contributed by atoms with Gasteiger partial charge in [-0.25, -0.2) is 13.1 Å². The lowest BCUT2D eigenvalue weighted by Crippen LogP contribution is -2.40. The highest BCUT2D eigenvalue weighted by Gasteiger charge is 2.14. The fraction of sp³-hybridized carbons (Fsp3) is 0.500. The van der Waals surface area contributed by atoms with Gasteiger partial charge in [-0.1, -0.05) is 19.8 Å². The van der Waals surface area contributed by atoms with Gasteiger partial charge in [0, 0.05) is 18.2 Å². The van der Waals surface area contributed by atoms with E-state index in [2.05, 4.69) is 17.0 Å². The molecule has 0 aromatic heterocycles. The third-order valence-electron chi connectivity index (χ3n) is 3.22. The van der Waals surface area contributed by atoms with Crippen molar-refractivity contribution in [3.63, 3.8) is 0 Å². The predicted octanol–water partition coefficient (Wildman–Crippen LogP) is 0.842. The van der Waals surface area contributed by atoms with E-state index in [0.717, 1.165) is 19.3 Å². The summed E-state index contributed by atoms with van der Waals surface area (Å²) in [5, 5.41) is 2.86. The van der Waals surface area contributed by atoms with Crippen LogP contribution in [-0.2, 0) is 10.0 Å². The van der Waals surface area contributed by atoms with Crippen LogP contribution in [0.25, 0.3) is 0 Å². The number of amides is 1. The predicted molar refractivity (Wildman–Crippen MR) is 82.5 cm³/mol. The lowest BCUT2D eigenvalue weighted by molar-refractivity contribution is 0.0935. The van der Waals surface area contributed by atoms with Gasteiger partial charge in [-0.3, -0.25) is 4.79 Å². The second-order valence-corrected chi connectivity index (χ2v) is 6.67. The Balaban J connectivity index is 2.75. The molecule has 1 unspecified atom stereocenters. The molecule has 0 bridgehead atoms. The lowest BCUT2D eigenvalue weighted by atomic mass is 10.1. The molecule has 0 aliphatic carbocycles. The minimum Gasteiger partial charge on any atom is -0.348 e. The van der Waals surface area contributed by atoms with Crippen molar-refractivity contribution in [3.05, 3.63) is 29.8 Å². The number of carbonyl (C=O) groups is 1. The highest BCUT2D eigenvalue weighted by Crippen LogP contribution is 2.10. The number of rotatable bonds is 8. The average molecular weight is 313 g/mol. The Morgan fingerprint density at radius 1 is 1.29 bits per heavy atom. The smallest absolute Gasteiger partial charge is 0.251 e. The lowest BCUT2D eigenvalue weighted by Gasteiger charge is -2.16. The summed E-state index contributed by atoms with van der Waals surface area (Å²) in [5.74, 6) is -0.241. The second kappa shape index (κ2) is 8.11. The molecular formula is C14H23N3O3S. The third kappa shape index (κ3) is 5.11. The quantitative estimate of drug-likeness (QED) is 0.662. The van der Waals surface area contributed by atoms with Crippen molar-refractivity contribution in [3.8, 4) is 0 Å². The summed E-state index contributed by atoms with van der Waals surface area (Å²) in [6.45, 7) is 2.47. The van der Waals surface area contributed by atoms with Crippen LogP contribution in [0.2, 0.25) is 0 Å². The van der Waals surface area contributed by atoms with E-state index in [0.29, 0.717) is 12.1 Å². The Labute approximate surface area is 126 Å². The molecule has 0 aliphatic rings. The van der Waals surface area contributed by atoms with Gasteiger partial charge >= 0.3 is 0 Å². The summed E-state index contributed by atoms with van der Waals surface area (Å²) in [6, 6.07) is 5.74. The Kier molecular flexibility index (Phi) is 6.80. The number of benzene rings is 1. The first-order chi connectivity index (χ1) is 9.94. The van der Waals surface area contributed by atoms with Crippen LogP contribution in [0, 0.1) is 0 Å². The second-order valence-electron chi connectivity index (χ2n) is 4.78. The van der Waals surface area contributed by atoms with Crippen LogP contribution in [0.15, 0.2) is 29.2 Å². The molecular weight excluding hydrogens is 290 g/mol. The van der Waals surface area contributed by atoms with E-state index >= 15 is 0 Å². The van der Waals surface area contributed by atoms with Gasteiger partial charge in [0.05, 0.1) is 4.90 Å². The zero-order chi connectivity index (χ0) is 15.9. The van der Waals surface area contributed by atoms with Crippen molar-refractivity contribution in [2.45, 2.75) is 37.1 Å². The topological polar surface area (TPSA) is 101 Å². The number of nitrogens with two attached hydrogens (primary N) is 1. The van der Waals surface area contributed by atoms with E-state index in [1.54, 1.807) is 0 Å². The van der Waals surface area contributed by atoms with Crippen molar-refractivity contribution >= 4 is 15.9 Å². The molecule has 1 rings (SSSR count). The first kappa shape index (κ1) is 17.6. The van der Waals surface area contributed by atoms with E-state index in [4.69, 9.17) is 5.73 Å². The first-order valence-electron chi connectivity index (χ1n) is 6.99. The van der Waals surface area contributed by atoms with Crippen LogP contribution in [0.5, 0.6) is 0 Å². The molecule has 4 N–H and O–H groups in total. The molecule has 0 spiro atoms. The van der Waals surface area contributed by atoms with Gasteiger partial charge in [0.25, 0.3) is 5.91 Å².